The predicted molar refractivity (Wildman–Crippen MR) is 114 cm³/mol. The molecule has 4 rings (SSSR count). The number of amides is 1. The molecule has 1 heterocycles. The van der Waals surface area contributed by atoms with E-state index in [2.05, 4.69) is 4.90 Å². The van der Waals surface area contributed by atoms with Crippen molar-refractivity contribution in [2.45, 2.75) is 51.0 Å². The van der Waals surface area contributed by atoms with Crippen LogP contribution in [0.2, 0.25) is 10.0 Å². The van der Waals surface area contributed by atoms with Crippen molar-refractivity contribution in [3.63, 3.8) is 0 Å². The van der Waals surface area contributed by atoms with Gasteiger partial charge in [0.2, 0.25) is 5.91 Å². The van der Waals surface area contributed by atoms with Crippen LogP contribution in [0.25, 0.3) is 11.1 Å². The lowest BCUT2D eigenvalue weighted by Gasteiger charge is -2.31. The molecule has 2 aromatic carbocycles. The number of rotatable bonds is 4. The zero-order chi connectivity index (χ0) is 19.7. The Morgan fingerprint density at radius 3 is 2.39 bits per heavy atom. The Morgan fingerprint density at radius 1 is 0.964 bits per heavy atom. The first-order valence-corrected chi connectivity index (χ1v) is 10.9. The summed E-state index contributed by atoms with van der Waals surface area (Å²) in [5, 5.41) is 10.7. The molecule has 5 heteroatoms. The van der Waals surface area contributed by atoms with Crippen LogP contribution in [0.4, 0.5) is 0 Å². The molecule has 0 spiro atoms. The Balaban J connectivity index is 1.55. The van der Waals surface area contributed by atoms with E-state index in [-0.39, 0.29) is 17.6 Å². The Hall–Kier alpha value is -1.71. The number of carbonyl (C=O) groups excluding carboxylic acids is 1. The monoisotopic (exact) mass is 417 g/mol. The van der Waals surface area contributed by atoms with Crippen LogP contribution in [0, 0.1) is 5.92 Å². The van der Waals surface area contributed by atoms with Crippen LogP contribution in [-0.4, -0.2) is 28.5 Å². The summed E-state index contributed by atoms with van der Waals surface area (Å²) in [6.07, 6.45) is 7.46. The van der Waals surface area contributed by atoms with Gasteiger partial charge in [0, 0.05) is 29.1 Å². The van der Waals surface area contributed by atoms with Crippen molar-refractivity contribution < 1.29 is 9.90 Å². The number of hydrogen-bond donors (Lipinski definition) is 1. The molecule has 0 bridgehead atoms. The molecule has 1 saturated carbocycles. The van der Waals surface area contributed by atoms with Gasteiger partial charge in [-0.15, -0.1) is 0 Å². The topological polar surface area (TPSA) is 40.5 Å². The van der Waals surface area contributed by atoms with Crippen LogP contribution in [0.3, 0.4) is 0 Å². The summed E-state index contributed by atoms with van der Waals surface area (Å²) in [6, 6.07) is 11.1. The van der Waals surface area contributed by atoms with Gasteiger partial charge in [-0.1, -0.05) is 60.7 Å². The number of nitrogens with zero attached hydrogens (tertiary/aromatic N) is 1. The Labute approximate surface area is 176 Å². The van der Waals surface area contributed by atoms with Crippen molar-refractivity contribution in [3.8, 4) is 16.9 Å². The molecule has 2 fully saturated rings. The molecule has 1 amide bonds. The van der Waals surface area contributed by atoms with Crippen molar-refractivity contribution in [1.82, 2.24) is 4.90 Å². The van der Waals surface area contributed by atoms with Crippen molar-refractivity contribution in [2.24, 2.45) is 5.92 Å². The quantitative estimate of drug-likeness (QED) is 0.653. The van der Waals surface area contributed by atoms with E-state index in [1.54, 1.807) is 12.1 Å². The fourth-order valence-electron chi connectivity index (χ4n) is 4.60. The molecular formula is C23H25Cl2NO2. The lowest BCUT2D eigenvalue weighted by Crippen LogP contribution is -2.39. The minimum absolute atomic E-state index is 0.0491. The van der Waals surface area contributed by atoms with Crippen molar-refractivity contribution in [2.75, 3.05) is 6.54 Å². The highest BCUT2D eigenvalue weighted by atomic mass is 35.5. The number of benzene rings is 2. The minimum Gasteiger partial charge on any atom is -0.508 e. The zero-order valence-corrected chi connectivity index (χ0v) is 17.3. The van der Waals surface area contributed by atoms with E-state index in [1.807, 2.05) is 24.3 Å². The van der Waals surface area contributed by atoms with E-state index in [9.17, 15) is 9.90 Å². The molecule has 28 heavy (non-hydrogen) atoms. The molecular weight excluding hydrogens is 393 g/mol. The molecule has 0 aromatic heterocycles. The molecule has 1 unspecified atom stereocenters. The predicted octanol–water partition coefficient (Wildman–Crippen LogP) is 6.09. The standard InChI is InChI=1S/C23H25Cl2NO2/c24-21-11-10-19(15-6-8-18(27)9-7-15)22(25)20(21)14-16-12-13-26(23(16)28)17-4-2-1-3-5-17/h6-11,16-17,27H,1-5,12-14H2. The number of hydrogen-bond acceptors (Lipinski definition) is 2. The van der Waals surface area contributed by atoms with Gasteiger partial charge in [0.25, 0.3) is 0 Å². The molecule has 1 saturated heterocycles. The van der Waals surface area contributed by atoms with Crippen LogP contribution in [0.1, 0.15) is 44.1 Å². The summed E-state index contributed by atoms with van der Waals surface area (Å²) in [7, 11) is 0. The number of aromatic hydroxyl groups is 1. The van der Waals surface area contributed by atoms with Crippen molar-refractivity contribution >= 4 is 29.1 Å². The summed E-state index contributed by atoms with van der Waals surface area (Å²) in [5.41, 5.74) is 2.63. The Morgan fingerprint density at radius 2 is 1.68 bits per heavy atom. The average molecular weight is 418 g/mol. The first-order valence-electron chi connectivity index (χ1n) is 10.1. The van der Waals surface area contributed by atoms with Crippen LogP contribution in [-0.2, 0) is 11.2 Å². The number of phenols is 1. The van der Waals surface area contributed by atoms with Crippen molar-refractivity contribution in [1.29, 1.82) is 0 Å². The zero-order valence-electron chi connectivity index (χ0n) is 15.8. The van der Waals surface area contributed by atoms with E-state index < -0.39 is 0 Å². The molecule has 3 nitrogen and oxygen atoms in total. The largest absolute Gasteiger partial charge is 0.508 e. The lowest BCUT2D eigenvalue weighted by atomic mass is 9.93. The van der Waals surface area contributed by atoms with Gasteiger partial charge in [-0.05, 0) is 55.0 Å². The van der Waals surface area contributed by atoms with Crippen LogP contribution < -0.4 is 0 Å². The highest BCUT2D eigenvalue weighted by molar-refractivity contribution is 6.37. The SMILES string of the molecule is O=C1C(Cc2c(Cl)ccc(-c3ccc(O)cc3)c2Cl)CCN1C1CCCCC1. The van der Waals surface area contributed by atoms with Crippen LogP contribution >= 0.6 is 23.2 Å². The summed E-state index contributed by atoms with van der Waals surface area (Å²) >= 11 is 13.2. The third kappa shape index (κ3) is 3.88. The summed E-state index contributed by atoms with van der Waals surface area (Å²) < 4.78 is 0. The maximum Gasteiger partial charge on any atom is 0.226 e. The van der Waals surface area contributed by atoms with Crippen molar-refractivity contribution in [3.05, 3.63) is 52.0 Å². The lowest BCUT2D eigenvalue weighted by molar-refractivity contribution is -0.133. The van der Waals surface area contributed by atoms with E-state index >= 15 is 0 Å². The van der Waals surface area contributed by atoms with Crippen LogP contribution in [0.15, 0.2) is 36.4 Å². The number of likely N-dealkylation sites (tertiary alicyclic amines) is 1. The molecule has 1 aliphatic heterocycles. The van der Waals surface area contributed by atoms with E-state index in [1.165, 1.54) is 19.3 Å². The number of phenolic OH excluding ortho intramolecular Hbond substituents is 1. The fourth-order valence-corrected chi connectivity index (χ4v) is 5.24. The van der Waals surface area contributed by atoms with Gasteiger partial charge < -0.3 is 10.0 Å². The molecule has 1 atom stereocenters. The summed E-state index contributed by atoms with van der Waals surface area (Å²) in [5.74, 6) is 0.425. The first-order chi connectivity index (χ1) is 13.5. The highest BCUT2D eigenvalue weighted by Crippen LogP contribution is 2.38. The fraction of sp³-hybridized carbons (Fsp3) is 0.435. The van der Waals surface area contributed by atoms with Gasteiger partial charge in [0.05, 0.1) is 5.02 Å². The van der Waals surface area contributed by atoms with Gasteiger partial charge in [0.15, 0.2) is 0 Å². The number of carbonyl (C=O) groups is 1. The van der Waals surface area contributed by atoms with E-state index in [0.717, 1.165) is 42.5 Å². The maximum absolute atomic E-state index is 13.0. The molecule has 2 aliphatic rings. The first kappa shape index (κ1) is 19.6. The summed E-state index contributed by atoms with van der Waals surface area (Å²) in [4.78, 5) is 15.1. The summed E-state index contributed by atoms with van der Waals surface area (Å²) in [6.45, 7) is 0.848. The van der Waals surface area contributed by atoms with E-state index in [0.29, 0.717) is 22.5 Å². The Bertz CT molecular complexity index is 860. The van der Waals surface area contributed by atoms with Gasteiger partial charge in [0.1, 0.15) is 5.75 Å². The second-order valence-electron chi connectivity index (χ2n) is 7.95. The maximum atomic E-state index is 13.0. The van der Waals surface area contributed by atoms with Crippen LogP contribution in [0.5, 0.6) is 5.75 Å². The van der Waals surface area contributed by atoms with E-state index in [4.69, 9.17) is 23.2 Å². The van der Waals surface area contributed by atoms with Gasteiger partial charge in [-0.25, -0.2) is 0 Å². The second-order valence-corrected chi connectivity index (χ2v) is 8.73. The average Bonchev–Trinajstić information content (AvgIpc) is 3.07. The third-order valence-corrected chi connectivity index (χ3v) is 6.97. The molecule has 1 N–H and O–H groups in total. The number of halogens is 2. The third-order valence-electron chi connectivity index (χ3n) is 6.18. The highest BCUT2D eigenvalue weighted by Gasteiger charge is 2.36. The van der Waals surface area contributed by atoms with Gasteiger partial charge >= 0.3 is 0 Å². The second kappa shape index (κ2) is 8.34. The normalized spacial score (nSPS) is 20.7. The van der Waals surface area contributed by atoms with Gasteiger partial charge in [-0.2, -0.15) is 0 Å². The molecule has 1 aliphatic carbocycles. The Kier molecular flexibility index (Phi) is 5.84. The molecule has 148 valence electrons. The molecule has 2 aromatic rings. The van der Waals surface area contributed by atoms with Gasteiger partial charge in [-0.3, -0.25) is 4.79 Å². The molecule has 0 radical (unpaired) electrons. The smallest absolute Gasteiger partial charge is 0.226 e. The minimum atomic E-state index is -0.0491.